The van der Waals surface area contributed by atoms with Crippen LogP contribution in [0, 0.1) is 5.92 Å². The van der Waals surface area contributed by atoms with Gasteiger partial charge in [-0.05, 0) is 43.0 Å². The Morgan fingerprint density at radius 1 is 0.955 bits per heavy atom. The molecule has 0 aliphatic carbocycles. The second kappa shape index (κ2) is 8.35. The summed E-state index contributed by atoms with van der Waals surface area (Å²) >= 11 is 0. The summed E-state index contributed by atoms with van der Waals surface area (Å²) in [5, 5.41) is 16.4. The molecule has 1 unspecified atom stereocenters. The van der Waals surface area contributed by atoms with E-state index in [-0.39, 0.29) is 12.0 Å². The van der Waals surface area contributed by atoms with Gasteiger partial charge < -0.3 is 5.11 Å². The summed E-state index contributed by atoms with van der Waals surface area (Å²) in [7, 11) is 0. The van der Waals surface area contributed by atoms with Crippen molar-refractivity contribution in [2.45, 2.75) is 32.8 Å². The van der Waals surface area contributed by atoms with Crippen molar-refractivity contribution >= 4 is 17.6 Å². The van der Waals surface area contributed by atoms with Crippen molar-refractivity contribution in [1.82, 2.24) is 0 Å². The minimum atomic E-state index is -0.270. The number of nitrogens with zero attached hydrogens (tertiary/aromatic N) is 2. The zero-order chi connectivity index (χ0) is 15.8. The second-order valence-electron chi connectivity index (χ2n) is 5.67. The average Bonchev–Trinajstić information content (AvgIpc) is 2.56. The highest BCUT2D eigenvalue weighted by molar-refractivity contribution is 5.67. The molecule has 0 amide bonds. The maximum absolute atomic E-state index is 9.85. The fourth-order valence-corrected chi connectivity index (χ4v) is 2.14. The lowest BCUT2D eigenvalue weighted by molar-refractivity contribution is 0.119. The van der Waals surface area contributed by atoms with Gasteiger partial charge in [0, 0.05) is 6.21 Å². The van der Waals surface area contributed by atoms with Gasteiger partial charge in [-0.1, -0.05) is 50.2 Å². The number of anilines is 2. The molecule has 0 aliphatic rings. The average molecular weight is 296 g/mol. The largest absolute Gasteiger partial charge is 0.393 e. The lowest BCUT2D eigenvalue weighted by atomic mass is 10.0. The van der Waals surface area contributed by atoms with Gasteiger partial charge in [-0.2, -0.15) is 5.10 Å². The summed E-state index contributed by atoms with van der Waals surface area (Å²) in [4.78, 5) is 0. The maximum atomic E-state index is 9.85. The van der Waals surface area contributed by atoms with Crippen LogP contribution in [0.1, 0.15) is 26.7 Å². The molecule has 0 fully saturated rings. The Morgan fingerprint density at radius 2 is 1.45 bits per heavy atom. The quantitative estimate of drug-likeness (QED) is 0.598. The monoisotopic (exact) mass is 296 g/mol. The Kier molecular flexibility index (Phi) is 6.16. The Morgan fingerprint density at radius 3 is 1.91 bits per heavy atom. The molecule has 0 spiro atoms. The Bertz CT molecular complexity index is 527. The van der Waals surface area contributed by atoms with Crippen LogP contribution in [-0.2, 0) is 0 Å². The van der Waals surface area contributed by atoms with Crippen LogP contribution in [-0.4, -0.2) is 17.4 Å². The highest BCUT2D eigenvalue weighted by Crippen LogP contribution is 2.25. The molecule has 2 aromatic carbocycles. The van der Waals surface area contributed by atoms with E-state index in [1.165, 1.54) is 0 Å². The smallest absolute Gasteiger partial charge is 0.0652 e. The lowest BCUT2D eigenvalue weighted by Gasteiger charge is -2.19. The number of hydrogen-bond donors (Lipinski definition) is 1. The molecule has 0 aliphatic heterocycles. The molecule has 3 heteroatoms. The van der Waals surface area contributed by atoms with Gasteiger partial charge >= 0.3 is 0 Å². The van der Waals surface area contributed by atoms with E-state index < -0.39 is 0 Å². The summed E-state index contributed by atoms with van der Waals surface area (Å²) in [6.07, 6.45) is 3.10. The van der Waals surface area contributed by atoms with Crippen LogP contribution in [0.5, 0.6) is 0 Å². The number of rotatable bonds is 7. The second-order valence-corrected chi connectivity index (χ2v) is 5.67. The van der Waals surface area contributed by atoms with Crippen LogP contribution < -0.4 is 5.01 Å². The molecule has 0 bridgehead atoms. The fourth-order valence-electron chi connectivity index (χ4n) is 2.14. The van der Waals surface area contributed by atoms with Crippen molar-refractivity contribution in [3.05, 3.63) is 60.7 Å². The molecule has 1 N–H and O–H groups in total. The van der Waals surface area contributed by atoms with Crippen molar-refractivity contribution < 1.29 is 5.11 Å². The minimum Gasteiger partial charge on any atom is -0.393 e. The van der Waals surface area contributed by atoms with Crippen LogP contribution >= 0.6 is 0 Å². The summed E-state index contributed by atoms with van der Waals surface area (Å²) in [5.74, 6) is 0.285. The Hall–Kier alpha value is -2.13. The molecule has 2 rings (SSSR count). The van der Waals surface area contributed by atoms with Gasteiger partial charge in [0.25, 0.3) is 0 Å². The normalized spacial score (nSPS) is 12.7. The van der Waals surface area contributed by atoms with E-state index in [0.717, 1.165) is 24.2 Å². The van der Waals surface area contributed by atoms with Gasteiger partial charge in [0.2, 0.25) is 0 Å². The van der Waals surface area contributed by atoms with Gasteiger partial charge in [0.1, 0.15) is 0 Å². The number of aliphatic hydroxyl groups is 1. The SMILES string of the molecule is CC(C)C(O)CC/C=N/N(c1ccccc1)c1ccccc1. The van der Waals surface area contributed by atoms with E-state index in [0.29, 0.717) is 0 Å². The molecule has 0 heterocycles. The van der Waals surface area contributed by atoms with E-state index in [1.54, 1.807) is 0 Å². The van der Waals surface area contributed by atoms with Crippen LogP contribution in [0.25, 0.3) is 0 Å². The van der Waals surface area contributed by atoms with Gasteiger partial charge in [0.05, 0.1) is 17.5 Å². The molecular weight excluding hydrogens is 272 g/mol. The number of hydrogen-bond acceptors (Lipinski definition) is 3. The van der Waals surface area contributed by atoms with E-state index in [2.05, 4.69) is 5.10 Å². The van der Waals surface area contributed by atoms with Gasteiger partial charge in [-0.15, -0.1) is 0 Å². The summed E-state index contributed by atoms with van der Waals surface area (Å²) in [5.41, 5.74) is 2.05. The van der Waals surface area contributed by atoms with E-state index in [1.807, 2.05) is 85.7 Å². The molecule has 116 valence electrons. The van der Waals surface area contributed by atoms with Crippen LogP contribution in [0.15, 0.2) is 65.8 Å². The number of para-hydroxylation sites is 2. The third-order valence-corrected chi connectivity index (χ3v) is 3.56. The topological polar surface area (TPSA) is 35.8 Å². The molecule has 0 radical (unpaired) electrons. The Labute approximate surface area is 132 Å². The van der Waals surface area contributed by atoms with Gasteiger partial charge in [-0.25, -0.2) is 5.01 Å². The van der Waals surface area contributed by atoms with E-state index >= 15 is 0 Å². The standard InChI is InChI=1S/C19H24N2O/c1-16(2)19(22)14-9-15-20-21(17-10-5-3-6-11-17)18-12-7-4-8-13-18/h3-8,10-13,15-16,19,22H,9,14H2,1-2H3/b20-15+. The zero-order valence-corrected chi connectivity index (χ0v) is 13.3. The van der Waals surface area contributed by atoms with Crippen molar-refractivity contribution in [3.8, 4) is 0 Å². The summed E-state index contributed by atoms with van der Waals surface area (Å²) in [6.45, 7) is 4.06. The first kappa shape index (κ1) is 16.2. The van der Waals surface area contributed by atoms with Crippen LogP contribution in [0.2, 0.25) is 0 Å². The highest BCUT2D eigenvalue weighted by atomic mass is 16.3. The first-order chi connectivity index (χ1) is 10.7. The predicted octanol–water partition coefficient (Wildman–Crippen LogP) is 4.61. The molecule has 3 nitrogen and oxygen atoms in total. The van der Waals surface area contributed by atoms with E-state index in [4.69, 9.17) is 0 Å². The van der Waals surface area contributed by atoms with Crippen molar-refractivity contribution in [3.63, 3.8) is 0 Å². The maximum Gasteiger partial charge on any atom is 0.0652 e. The highest BCUT2D eigenvalue weighted by Gasteiger charge is 2.08. The lowest BCUT2D eigenvalue weighted by Crippen LogP contribution is -2.15. The summed E-state index contributed by atoms with van der Waals surface area (Å²) < 4.78 is 0. The number of hydrazone groups is 1. The Balaban J connectivity index is 2.09. The van der Waals surface area contributed by atoms with Gasteiger partial charge in [0.15, 0.2) is 0 Å². The first-order valence-electron chi connectivity index (χ1n) is 7.79. The molecule has 0 saturated heterocycles. The molecule has 0 aromatic heterocycles. The number of benzene rings is 2. The molecule has 22 heavy (non-hydrogen) atoms. The third kappa shape index (κ3) is 4.71. The third-order valence-electron chi connectivity index (χ3n) is 3.56. The van der Waals surface area contributed by atoms with Crippen molar-refractivity contribution in [2.24, 2.45) is 11.0 Å². The van der Waals surface area contributed by atoms with Crippen LogP contribution in [0.3, 0.4) is 0 Å². The molecule has 0 saturated carbocycles. The molecule has 2 aromatic rings. The minimum absolute atomic E-state index is 0.270. The zero-order valence-electron chi connectivity index (χ0n) is 13.3. The van der Waals surface area contributed by atoms with Crippen molar-refractivity contribution in [1.29, 1.82) is 0 Å². The van der Waals surface area contributed by atoms with E-state index in [9.17, 15) is 5.11 Å². The number of aliphatic hydroxyl groups excluding tert-OH is 1. The van der Waals surface area contributed by atoms with Crippen LogP contribution in [0.4, 0.5) is 11.4 Å². The first-order valence-corrected chi connectivity index (χ1v) is 7.79. The molecule has 1 atom stereocenters. The molecular formula is C19H24N2O. The summed E-state index contributed by atoms with van der Waals surface area (Å²) in [6, 6.07) is 20.1. The van der Waals surface area contributed by atoms with Crippen molar-refractivity contribution in [2.75, 3.05) is 5.01 Å². The van der Waals surface area contributed by atoms with Gasteiger partial charge in [-0.3, -0.25) is 0 Å². The fraction of sp³-hybridized carbons (Fsp3) is 0.316. The predicted molar refractivity (Wildman–Crippen MR) is 93.6 cm³/mol.